The maximum atomic E-state index is 12.9. The van der Waals surface area contributed by atoms with Crippen LogP contribution in [0.1, 0.15) is 35.2 Å². The van der Waals surface area contributed by atoms with Gasteiger partial charge in [-0.05, 0) is 24.5 Å². The number of likely N-dealkylation sites (N-methyl/N-ethyl adjacent to an activating group) is 1. The van der Waals surface area contributed by atoms with E-state index in [9.17, 15) is 9.59 Å². The number of nitrogens with one attached hydrogen (secondary N) is 1. The Hall–Kier alpha value is -3.75. The van der Waals surface area contributed by atoms with Crippen molar-refractivity contribution in [1.29, 1.82) is 0 Å². The molecule has 3 heterocycles. The van der Waals surface area contributed by atoms with Crippen LogP contribution in [-0.4, -0.2) is 49.4 Å². The molecule has 1 atom stereocenters. The van der Waals surface area contributed by atoms with Crippen LogP contribution in [0.15, 0.2) is 49.3 Å². The van der Waals surface area contributed by atoms with E-state index in [0.717, 1.165) is 16.8 Å². The van der Waals surface area contributed by atoms with Crippen LogP contribution in [0.4, 0.5) is 5.82 Å². The van der Waals surface area contributed by atoms with Crippen LogP contribution >= 0.6 is 0 Å². The Morgan fingerprint density at radius 2 is 2.03 bits per heavy atom. The lowest BCUT2D eigenvalue weighted by Crippen LogP contribution is -2.47. The van der Waals surface area contributed by atoms with E-state index in [1.165, 1.54) is 11.2 Å². The summed E-state index contributed by atoms with van der Waals surface area (Å²) in [4.78, 5) is 31.2. The van der Waals surface area contributed by atoms with Crippen LogP contribution in [0, 0.1) is 0 Å². The molecule has 3 aromatic rings. The number of allylic oxidation sites excluding steroid dienone is 1. The van der Waals surface area contributed by atoms with Gasteiger partial charge in [0.2, 0.25) is 5.82 Å². The average molecular weight is 405 g/mol. The van der Waals surface area contributed by atoms with Gasteiger partial charge in [0.1, 0.15) is 18.2 Å². The van der Waals surface area contributed by atoms with Crippen molar-refractivity contribution in [1.82, 2.24) is 29.9 Å². The number of hydrogen-bond donors (Lipinski definition) is 1. The summed E-state index contributed by atoms with van der Waals surface area (Å²) in [5.41, 5.74) is 2.64. The van der Waals surface area contributed by atoms with E-state index in [-0.39, 0.29) is 11.7 Å². The van der Waals surface area contributed by atoms with Crippen molar-refractivity contribution in [3.63, 3.8) is 0 Å². The molecule has 0 radical (unpaired) electrons. The molecule has 0 saturated carbocycles. The third-order valence-corrected chi connectivity index (χ3v) is 5.03. The standard InChI is InChI=1S/C21H23N7O2/c1-14(2)17-11-18-26(3)21(30)16(9-10-28(18)24-17)23-20(29)19-22-13-27(25-19)12-15-7-5-4-6-8-15/h4-8,11,13,16H,1,9-10,12H2,2-3H3,(H,23,29). The molecule has 4 rings (SSSR count). The molecule has 0 bridgehead atoms. The Morgan fingerprint density at radius 3 is 2.77 bits per heavy atom. The fourth-order valence-corrected chi connectivity index (χ4v) is 3.37. The molecule has 2 aromatic heterocycles. The summed E-state index contributed by atoms with van der Waals surface area (Å²) >= 11 is 0. The predicted molar refractivity (Wildman–Crippen MR) is 112 cm³/mol. The van der Waals surface area contributed by atoms with E-state index in [2.05, 4.69) is 27.1 Å². The van der Waals surface area contributed by atoms with Gasteiger partial charge in [-0.1, -0.05) is 36.9 Å². The summed E-state index contributed by atoms with van der Waals surface area (Å²) in [5, 5.41) is 11.5. The summed E-state index contributed by atoms with van der Waals surface area (Å²) in [6.45, 7) is 6.78. The lowest BCUT2D eigenvalue weighted by molar-refractivity contribution is -0.120. The summed E-state index contributed by atoms with van der Waals surface area (Å²) in [6, 6.07) is 10.9. The van der Waals surface area contributed by atoms with Crippen molar-refractivity contribution in [2.24, 2.45) is 0 Å². The number of fused-ring (bicyclic) bond motifs is 1. The van der Waals surface area contributed by atoms with Gasteiger partial charge in [0.05, 0.1) is 12.2 Å². The molecule has 0 spiro atoms. The first-order valence-electron chi connectivity index (χ1n) is 9.68. The number of nitrogens with zero attached hydrogens (tertiary/aromatic N) is 6. The van der Waals surface area contributed by atoms with Crippen LogP contribution in [-0.2, 0) is 17.9 Å². The second kappa shape index (κ2) is 7.94. The Morgan fingerprint density at radius 1 is 1.27 bits per heavy atom. The first kappa shape index (κ1) is 19.6. The number of carbonyl (C=O) groups excluding carboxylic acids is 2. The van der Waals surface area contributed by atoms with Gasteiger partial charge in [-0.25, -0.2) is 14.3 Å². The lowest BCUT2D eigenvalue weighted by Gasteiger charge is -2.19. The summed E-state index contributed by atoms with van der Waals surface area (Å²) < 4.78 is 3.36. The molecular formula is C21H23N7O2. The molecule has 30 heavy (non-hydrogen) atoms. The van der Waals surface area contributed by atoms with E-state index in [1.54, 1.807) is 16.4 Å². The third-order valence-electron chi connectivity index (χ3n) is 5.03. The minimum atomic E-state index is -0.682. The Labute approximate surface area is 174 Å². The Balaban J connectivity index is 1.44. The molecule has 1 N–H and O–H groups in total. The Kier molecular flexibility index (Phi) is 5.18. The zero-order valence-electron chi connectivity index (χ0n) is 16.9. The van der Waals surface area contributed by atoms with Crippen LogP contribution < -0.4 is 10.2 Å². The lowest BCUT2D eigenvalue weighted by atomic mass is 10.2. The highest BCUT2D eigenvalue weighted by molar-refractivity contribution is 6.01. The molecule has 1 unspecified atom stereocenters. The quantitative estimate of drug-likeness (QED) is 0.697. The Bertz CT molecular complexity index is 1100. The van der Waals surface area contributed by atoms with Crippen molar-refractivity contribution in [3.8, 4) is 0 Å². The number of hydrogen-bond acceptors (Lipinski definition) is 5. The zero-order chi connectivity index (χ0) is 21.3. The smallest absolute Gasteiger partial charge is 0.291 e. The second-order valence-corrected chi connectivity index (χ2v) is 7.35. The molecular weight excluding hydrogens is 382 g/mol. The topological polar surface area (TPSA) is 97.9 Å². The number of rotatable bonds is 5. The predicted octanol–water partition coefficient (Wildman–Crippen LogP) is 1.72. The van der Waals surface area contributed by atoms with Crippen molar-refractivity contribution in [2.45, 2.75) is 32.5 Å². The maximum absolute atomic E-state index is 12.9. The fourth-order valence-electron chi connectivity index (χ4n) is 3.37. The third kappa shape index (κ3) is 3.86. The number of aromatic nitrogens is 5. The molecule has 154 valence electrons. The van der Waals surface area contributed by atoms with Gasteiger partial charge in [0, 0.05) is 19.7 Å². The van der Waals surface area contributed by atoms with Gasteiger partial charge in [0.25, 0.3) is 11.8 Å². The van der Waals surface area contributed by atoms with E-state index < -0.39 is 11.9 Å². The largest absolute Gasteiger partial charge is 0.337 e. The van der Waals surface area contributed by atoms with Crippen molar-refractivity contribution in [3.05, 3.63) is 66.4 Å². The average Bonchev–Trinajstić information content (AvgIpc) is 3.36. The number of anilines is 1. The molecule has 1 aliphatic rings. The summed E-state index contributed by atoms with van der Waals surface area (Å²) in [6.07, 6.45) is 1.93. The monoisotopic (exact) mass is 405 g/mol. The molecule has 0 fully saturated rings. The van der Waals surface area contributed by atoms with Crippen molar-refractivity contribution in [2.75, 3.05) is 11.9 Å². The molecule has 9 nitrogen and oxygen atoms in total. The van der Waals surface area contributed by atoms with Gasteiger partial charge in [0.15, 0.2) is 0 Å². The molecule has 2 amide bonds. The van der Waals surface area contributed by atoms with Crippen molar-refractivity contribution < 1.29 is 9.59 Å². The summed E-state index contributed by atoms with van der Waals surface area (Å²) in [7, 11) is 1.68. The number of carbonyl (C=O) groups is 2. The zero-order valence-corrected chi connectivity index (χ0v) is 16.9. The van der Waals surface area contributed by atoms with Gasteiger partial charge in [-0.15, -0.1) is 5.10 Å². The van der Waals surface area contributed by atoms with E-state index >= 15 is 0 Å². The minimum absolute atomic E-state index is 0.0351. The van der Waals surface area contributed by atoms with Gasteiger partial charge < -0.3 is 5.32 Å². The molecule has 1 aromatic carbocycles. The highest BCUT2D eigenvalue weighted by Gasteiger charge is 2.31. The highest BCUT2D eigenvalue weighted by atomic mass is 16.2. The maximum Gasteiger partial charge on any atom is 0.291 e. The first-order valence-corrected chi connectivity index (χ1v) is 9.68. The van der Waals surface area contributed by atoms with Gasteiger partial charge in [-0.3, -0.25) is 14.5 Å². The summed E-state index contributed by atoms with van der Waals surface area (Å²) in [5.74, 6) is 0.0302. The normalized spacial score (nSPS) is 16.1. The van der Waals surface area contributed by atoms with Crippen LogP contribution in [0.25, 0.3) is 5.57 Å². The first-order chi connectivity index (χ1) is 14.4. The SMILES string of the molecule is C=C(C)c1cc2n(n1)CCC(NC(=O)c1ncn(Cc3ccccc3)n1)C(=O)N2C. The van der Waals surface area contributed by atoms with Gasteiger partial charge >= 0.3 is 0 Å². The molecule has 0 aliphatic carbocycles. The van der Waals surface area contributed by atoms with E-state index in [0.29, 0.717) is 25.3 Å². The van der Waals surface area contributed by atoms with Crippen LogP contribution in [0.5, 0.6) is 0 Å². The van der Waals surface area contributed by atoms with Crippen LogP contribution in [0.2, 0.25) is 0 Å². The highest BCUT2D eigenvalue weighted by Crippen LogP contribution is 2.23. The molecule has 0 saturated heterocycles. The number of benzene rings is 1. The van der Waals surface area contributed by atoms with E-state index in [4.69, 9.17) is 0 Å². The molecule has 1 aliphatic heterocycles. The number of amides is 2. The van der Waals surface area contributed by atoms with E-state index in [1.807, 2.05) is 43.3 Å². The van der Waals surface area contributed by atoms with Crippen LogP contribution in [0.3, 0.4) is 0 Å². The second-order valence-electron chi connectivity index (χ2n) is 7.35. The molecule has 9 heteroatoms. The van der Waals surface area contributed by atoms with Crippen molar-refractivity contribution >= 4 is 23.2 Å². The minimum Gasteiger partial charge on any atom is -0.337 e. The van der Waals surface area contributed by atoms with Gasteiger partial charge in [-0.2, -0.15) is 5.10 Å². The number of aryl methyl sites for hydroxylation is 1. The fraction of sp³-hybridized carbons (Fsp3) is 0.286.